The third-order valence-electron chi connectivity index (χ3n) is 3.38. The van der Waals surface area contributed by atoms with E-state index in [1.54, 1.807) is 24.3 Å². The summed E-state index contributed by atoms with van der Waals surface area (Å²) in [4.78, 5) is 48.3. The number of esters is 2. The summed E-state index contributed by atoms with van der Waals surface area (Å²) in [7, 11) is 2.48. The minimum Gasteiger partial charge on any atom is -0.467 e. The Kier molecular flexibility index (Phi) is 5.40. The molecule has 2 amide bonds. The maximum atomic E-state index is 12.3. The molecule has 0 bridgehead atoms. The number of benzene rings is 1. The first kappa shape index (κ1) is 17.7. The maximum absolute atomic E-state index is 12.3. The molecule has 1 saturated heterocycles. The Morgan fingerprint density at radius 2 is 1.75 bits per heavy atom. The highest BCUT2D eigenvalue weighted by Crippen LogP contribution is 2.33. The number of imide groups is 1. The van der Waals surface area contributed by atoms with Gasteiger partial charge in [0.05, 0.1) is 24.7 Å². The van der Waals surface area contributed by atoms with Crippen LogP contribution in [0.1, 0.15) is 22.8 Å². The van der Waals surface area contributed by atoms with Crippen LogP contribution in [0.15, 0.2) is 29.2 Å². The second-order valence-electron chi connectivity index (χ2n) is 4.86. The fourth-order valence-corrected chi connectivity index (χ4v) is 2.98. The van der Waals surface area contributed by atoms with E-state index in [9.17, 15) is 19.2 Å². The largest absolute Gasteiger partial charge is 0.467 e. The minimum absolute atomic E-state index is 0.196. The standard InChI is InChI=1S/C16H15NO6S/c1-9(14(19)22-2)17-13(18)12(24-16(17)21)8-10-4-6-11(7-5-10)15(20)23-3/h4-9H,1-3H3/b12-8-/t9-/m1/s1. The lowest BCUT2D eigenvalue weighted by molar-refractivity contribution is -0.148. The molecule has 0 unspecified atom stereocenters. The zero-order chi connectivity index (χ0) is 17.9. The molecule has 1 aliphatic heterocycles. The van der Waals surface area contributed by atoms with Crippen LogP contribution in [0.2, 0.25) is 0 Å². The van der Waals surface area contributed by atoms with E-state index in [2.05, 4.69) is 9.47 Å². The Morgan fingerprint density at radius 1 is 1.12 bits per heavy atom. The van der Waals surface area contributed by atoms with Gasteiger partial charge in [0.15, 0.2) is 0 Å². The second kappa shape index (κ2) is 7.31. The molecule has 2 rings (SSSR count). The summed E-state index contributed by atoms with van der Waals surface area (Å²) >= 11 is 0.747. The van der Waals surface area contributed by atoms with Gasteiger partial charge in [-0.05, 0) is 42.5 Å². The van der Waals surface area contributed by atoms with E-state index in [4.69, 9.17) is 0 Å². The van der Waals surface area contributed by atoms with Gasteiger partial charge in [-0.3, -0.25) is 14.5 Å². The Hall–Kier alpha value is -2.61. The summed E-state index contributed by atoms with van der Waals surface area (Å²) in [6.45, 7) is 1.43. The van der Waals surface area contributed by atoms with E-state index in [0.717, 1.165) is 16.7 Å². The van der Waals surface area contributed by atoms with E-state index in [0.29, 0.717) is 11.1 Å². The van der Waals surface area contributed by atoms with Crippen molar-refractivity contribution in [1.82, 2.24) is 4.90 Å². The van der Waals surface area contributed by atoms with Crippen molar-refractivity contribution < 1.29 is 28.7 Å². The lowest BCUT2D eigenvalue weighted by atomic mass is 10.1. The molecule has 0 aliphatic carbocycles. The summed E-state index contributed by atoms with van der Waals surface area (Å²) < 4.78 is 9.17. The molecule has 0 aromatic heterocycles. The molecule has 1 heterocycles. The SMILES string of the molecule is COC(=O)c1ccc(/C=C2\SC(=O)N([C@H](C)C(=O)OC)C2=O)cc1. The molecule has 0 N–H and O–H groups in total. The normalized spacial score (nSPS) is 17.1. The predicted octanol–water partition coefficient (Wildman–Crippen LogP) is 2.07. The lowest BCUT2D eigenvalue weighted by Gasteiger charge is -2.18. The van der Waals surface area contributed by atoms with Gasteiger partial charge in [-0.2, -0.15) is 0 Å². The first-order valence-corrected chi connectivity index (χ1v) is 7.74. The average molecular weight is 349 g/mol. The van der Waals surface area contributed by atoms with Crippen LogP contribution >= 0.6 is 11.8 Å². The molecule has 1 atom stereocenters. The molecular weight excluding hydrogens is 334 g/mol. The molecule has 1 aromatic rings. The van der Waals surface area contributed by atoms with Gasteiger partial charge < -0.3 is 9.47 Å². The van der Waals surface area contributed by atoms with Crippen LogP contribution in [0.3, 0.4) is 0 Å². The summed E-state index contributed by atoms with van der Waals surface area (Å²) in [6, 6.07) is 5.38. The van der Waals surface area contributed by atoms with Gasteiger partial charge in [0.25, 0.3) is 11.1 Å². The molecule has 24 heavy (non-hydrogen) atoms. The Balaban J connectivity index is 2.22. The molecule has 1 fully saturated rings. The number of nitrogens with zero attached hydrogens (tertiary/aromatic N) is 1. The van der Waals surface area contributed by atoms with Gasteiger partial charge >= 0.3 is 11.9 Å². The number of rotatable bonds is 4. The highest BCUT2D eigenvalue weighted by molar-refractivity contribution is 8.18. The Morgan fingerprint density at radius 3 is 2.29 bits per heavy atom. The number of carbonyl (C=O) groups excluding carboxylic acids is 4. The summed E-state index contributed by atoms with van der Waals surface area (Å²) in [5, 5.41) is -0.532. The molecule has 0 spiro atoms. The third kappa shape index (κ3) is 3.48. The quantitative estimate of drug-likeness (QED) is 0.607. The van der Waals surface area contributed by atoms with Crippen molar-refractivity contribution in [2.24, 2.45) is 0 Å². The van der Waals surface area contributed by atoms with Gasteiger partial charge in [0.2, 0.25) is 0 Å². The molecule has 0 radical (unpaired) electrons. The van der Waals surface area contributed by atoms with Gasteiger partial charge in [0, 0.05) is 0 Å². The van der Waals surface area contributed by atoms with Crippen molar-refractivity contribution >= 4 is 40.9 Å². The summed E-state index contributed by atoms with van der Waals surface area (Å²) in [6.07, 6.45) is 1.52. The van der Waals surface area contributed by atoms with Crippen molar-refractivity contribution in [2.45, 2.75) is 13.0 Å². The van der Waals surface area contributed by atoms with Crippen LogP contribution in [0, 0.1) is 0 Å². The smallest absolute Gasteiger partial charge is 0.337 e. The van der Waals surface area contributed by atoms with Gasteiger partial charge in [-0.1, -0.05) is 12.1 Å². The van der Waals surface area contributed by atoms with Crippen LogP contribution in [0.4, 0.5) is 4.79 Å². The van der Waals surface area contributed by atoms with Gasteiger partial charge in [-0.25, -0.2) is 9.59 Å². The van der Waals surface area contributed by atoms with Crippen LogP contribution in [0.25, 0.3) is 6.08 Å². The minimum atomic E-state index is -0.991. The van der Waals surface area contributed by atoms with E-state index in [1.807, 2.05) is 0 Å². The van der Waals surface area contributed by atoms with Crippen molar-refractivity contribution in [2.75, 3.05) is 14.2 Å². The number of methoxy groups -OCH3 is 2. The number of thioether (sulfide) groups is 1. The summed E-state index contributed by atoms with van der Waals surface area (Å²) in [5.74, 6) is -1.69. The van der Waals surface area contributed by atoms with E-state index >= 15 is 0 Å². The number of carbonyl (C=O) groups is 4. The van der Waals surface area contributed by atoms with Gasteiger partial charge in [0.1, 0.15) is 6.04 Å². The number of hydrogen-bond acceptors (Lipinski definition) is 7. The zero-order valence-corrected chi connectivity index (χ0v) is 14.1. The van der Waals surface area contributed by atoms with Crippen LogP contribution in [-0.4, -0.2) is 48.2 Å². The van der Waals surface area contributed by atoms with Crippen molar-refractivity contribution in [3.8, 4) is 0 Å². The molecule has 126 valence electrons. The number of ether oxygens (including phenoxy) is 2. The molecule has 7 nitrogen and oxygen atoms in total. The predicted molar refractivity (Wildman–Crippen MR) is 87.1 cm³/mol. The molecule has 1 aliphatic rings. The van der Waals surface area contributed by atoms with E-state index in [1.165, 1.54) is 27.2 Å². The third-order valence-corrected chi connectivity index (χ3v) is 4.27. The first-order valence-electron chi connectivity index (χ1n) is 6.92. The molecule has 0 saturated carbocycles. The highest BCUT2D eigenvalue weighted by Gasteiger charge is 2.41. The zero-order valence-electron chi connectivity index (χ0n) is 13.3. The Labute approximate surface area is 142 Å². The lowest BCUT2D eigenvalue weighted by Crippen LogP contribution is -2.42. The van der Waals surface area contributed by atoms with Crippen molar-refractivity contribution in [1.29, 1.82) is 0 Å². The van der Waals surface area contributed by atoms with Crippen molar-refractivity contribution in [3.63, 3.8) is 0 Å². The van der Waals surface area contributed by atoms with Crippen molar-refractivity contribution in [3.05, 3.63) is 40.3 Å². The molecule has 8 heteroatoms. The summed E-state index contributed by atoms with van der Waals surface area (Å²) in [5.41, 5.74) is 1.01. The van der Waals surface area contributed by atoms with Crippen LogP contribution < -0.4 is 0 Å². The average Bonchev–Trinajstić information content (AvgIpc) is 2.87. The first-order chi connectivity index (χ1) is 11.4. The Bertz CT molecular complexity index is 725. The van der Waals surface area contributed by atoms with E-state index < -0.39 is 29.1 Å². The molecular formula is C16H15NO6S. The van der Waals surface area contributed by atoms with E-state index in [-0.39, 0.29) is 4.91 Å². The number of amides is 2. The fraction of sp³-hybridized carbons (Fsp3) is 0.250. The fourth-order valence-electron chi connectivity index (χ4n) is 2.07. The second-order valence-corrected chi connectivity index (χ2v) is 5.86. The van der Waals surface area contributed by atoms with Crippen LogP contribution in [0.5, 0.6) is 0 Å². The molecule has 1 aromatic carbocycles. The maximum Gasteiger partial charge on any atom is 0.337 e. The van der Waals surface area contributed by atoms with Gasteiger partial charge in [-0.15, -0.1) is 0 Å². The monoisotopic (exact) mass is 349 g/mol. The number of hydrogen-bond donors (Lipinski definition) is 0. The topological polar surface area (TPSA) is 90.0 Å². The highest BCUT2D eigenvalue weighted by atomic mass is 32.2. The van der Waals surface area contributed by atoms with Crippen LogP contribution in [-0.2, 0) is 19.1 Å².